The lowest BCUT2D eigenvalue weighted by Gasteiger charge is -2.09. The highest BCUT2D eigenvalue weighted by atomic mass is 16.2. The Morgan fingerprint density at radius 1 is 1.20 bits per heavy atom. The Balaban J connectivity index is 3.66. The Hall–Kier alpha value is -0.560. The summed E-state index contributed by atoms with van der Waals surface area (Å²) in [6.07, 6.45) is 7.61. The maximum atomic E-state index is 8.37. The van der Waals surface area contributed by atoms with Gasteiger partial charge in [0, 0.05) is 0 Å². The second kappa shape index (κ2) is 4.29. The SMILES string of the molecule is CC(C)(C)C=C/C=C/CO. The first kappa shape index (κ1) is 9.44. The van der Waals surface area contributed by atoms with E-state index in [0.717, 1.165) is 0 Å². The van der Waals surface area contributed by atoms with Gasteiger partial charge < -0.3 is 5.11 Å². The lowest BCUT2D eigenvalue weighted by molar-refractivity contribution is 0.342. The Bertz CT molecular complexity index is 126. The standard InChI is InChI=1S/C9H16O/c1-9(2,3)7-5-4-6-8-10/h4-7,10H,8H2,1-3H3/b6-4+,7-5?. The zero-order valence-electron chi connectivity index (χ0n) is 6.96. The molecule has 1 heteroatoms. The maximum Gasteiger partial charge on any atom is 0.0615 e. The van der Waals surface area contributed by atoms with Crippen LogP contribution in [0.15, 0.2) is 24.3 Å². The van der Waals surface area contributed by atoms with Gasteiger partial charge in [0.1, 0.15) is 0 Å². The average molecular weight is 140 g/mol. The van der Waals surface area contributed by atoms with Gasteiger partial charge in [0.15, 0.2) is 0 Å². The summed E-state index contributed by atoms with van der Waals surface area (Å²) < 4.78 is 0. The predicted octanol–water partition coefficient (Wildman–Crippen LogP) is 2.14. The van der Waals surface area contributed by atoms with Gasteiger partial charge in [-0.3, -0.25) is 0 Å². The number of aliphatic hydroxyl groups excluding tert-OH is 1. The van der Waals surface area contributed by atoms with Crippen molar-refractivity contribution < 1.29 is 5.11 Å². The van der Waals surface area contributed by atoms with Gasteiger partial charge in [0.05, 0.1) is 6.61 Å². The largest absolute Gasteiger partial charge is 0.392 e. The molecule has 1 N–H and O–H groups in total. The fourth-order valence-corrected chi connectivity index (χ4v) is 0.484. The molecule has 0 fully saturated rings. The van der Waals surface area contributed by atoms with E-state index < -0.39 is 0 Å². The van der Waals surface area contributed by atoms with Crippen LogP contribution in [0.25, 0.3) is 0 Å². The summed E-state index contributed by atoms with van der Waals surface area (Å²) in [7, 11) is 0. The van der Waals surface area contributed by atoms with E-state index in [1.54, 1.807) is 6.08 Å². The molecule has 10 heavy (non-hydrogen) atoms. The summed E-state index contributed by atoms with van der Waals surface area (Å²) in [4.78, 5) is 0. The Labute approximate surface area is 63.1 Å². The van der Waals surface area contributed by atoms with Crippen LogP contribution in [-0.4, -0.2) is 11.7 Å². The molecule has 0 aliphatic rings. The van der Waals surface area contributed by atoms with Gasteiger partial charge in [-0.1, -0.05) is 45.1 Å². The highest BCUT2D eigenvalue weighted by molar-refractivity contribution is 5.05. The molecule has 0 unspecified atom stereocenters. The van der Waals surface area contributed by atoms with Gasteiger partial charge in [0.2, 0.25) is 0 Å². The third-order valence-electron chi connectivity index (χ3n) is 0.949. The summed E-state index contributed by atoms with van der Waals surface area (Å²) >= 11 is 0. The van der Waals surface area contributed by atoms with Crippen LogP contribution in [0.3, 0.4) is 0 Å². The molecule has 0 bridgehead atoms. The van der Waals surface area contributed by atoms with Crippen LogP contribution in [0.5, 0.6) is 0 Å². The quantitative estimate of drug-likeness (QED) is 0.583. The summed E-state index contributed by atoms with van der Waals surface area (Å²) in [6.45, 7) is 6.53. The number of rotatable bonds is 2. The normalized spacial score (nSPS) is 13.6. The first-order chi connectivity index (χ1) is 4.56. The van der Waals surface area contributed by atoms with Gasteiger partial charge in [-0.15, -0.1) is 0 Å². The van der Waals surface area contributed by atoms with Gasteiger partial charge in [-0.25, -0.2) is 0 Å². The average Bonchev–Trinajstić information content (AvgIpc) is 1.78. The minimum absolute atomic E-state index is 0.120. The van der Waals surface area contributed by atoms with Crippen molar-refractivity contribution in [3.63, 3.8) is 0 Å². The molecule has 0 aromatic heterocycles. The van der Waals surface area contributed by atoms with Crippen LogP contribution in [0, 0.1) is 5.41 Å². The molecule has 0 aromatic rings. The molecule has 58 valence electrons. The lowest BCUT2D eigenvalue weighted by Crippen LogP contribution is -1.97. The topological polar surface area (TPSA) is 20.2 Å². The third-order valence-corrected chi connectivity index (χ3v) is 0.949. The van der Waals surface area contributed by atoms with Crippen molar-refractivity contribution in [1.82, 2.24) is 0 Å². The Morgan fingerprint density at radius 2 is 1.80 bits per heavy atom. The van der Waals surface area contributed by atoms with E-state index in [0.29, 0.717) is 0 Å². The van der Waals surface area contributed by atoms with Gasteiger partial charge in [0.25, 0.3) is 0 Å². The minimum Gasteiger partial charge on any atom is -0.392 e. The molecule has 0 heterocycles. The summed E-state index contributed by atoms with van der Waals surface area (Å²) in [5.74, 6) is 0. The van der Waals surface area contributed by atoms with Crippen molar-refractivity contribution in [3.8, 4) is 0 Å². The minimum atomic E-state index is 0.120. The summed E-state index contributed by atoms with van der Waals surface area (Å²) in [5.41, 5.74) is 0.236. The van der Waals surface area contributed by atoms with E-state index in [9.17, 15) is 0 Å². The van der Waals surface area contributed by atoms with E-state index in [1.807, 2.05) is 12.2 Å². The second-order valence-corrected chi connectivity index (χ2v) is 3.34. The second-order valence-electron chi connectivity index (χ2n) is 3.34. The monoisotopic (exact) mass is 140 g/mol. The molecule has 0 aliphatic heterocycles. The van der Waals surface area contributed by atoms with Gasteiger partial charge in [-0.2, -0.15) is 0 Å². The van der Waals surface area contributed by atoms with Crippen molar-refractivity contribution in [2.24, 2.45) is 5.41 Å². The third kappa shape index (κ3) is 7.44. The predicted molar refractivity (Wildman–Crippen MR) is 44.8 cm³/mol. The van der Waals surface area contributed by atoms with Crippen LogP contribution in [-0.2, 0) is 0 Å². The van der Waals surface area contributed by atoms with Crippen molar-refractivity contribution in [1.29, 1.82) is 0 Å². The molecule has 0 saturated carbocycles. The Kier molecular flexibility index (Phi) is 4.05. The molecule has 0 aliphatic carbocycles. The smallest absolute Gasteiger partial charge is 0.0615 e. The highest BCUT2D eigenvalue weighted by Gasteiger charge is 2.01. The van der Waals surface area contributed by atoms with Crippen LogP contribution in [0.4, 0.5) is 0 Å². The van der Waals surface area contributed by atoms with E-state index in [4.69, 9.17) is 5.11 Å². The summed E-state index contributed by atoms with van der Waals surface area (Å²) in [6, 6.07) is 0. The molecular formula is C9H16O. The zero-order valence-corrected chi connectivity index (χ0v) is 6.96. The van der Waals surface area contributed by atoms with E-state index in [2.05, 4.69) is 26.8 Å². The van der Waals surface area contributed by atoms with Crippen molar-refractivity contribution in [3.05, 3.63) is 24.3 Å². The van der Waals surface area contributed by atoms with E-state index in [1.165, 1.54) is 0 Å². The van der Waals surface area contributed by atoms with Gasteiger partial charge >= 0.3 is 0 Å². The van der Waals surface area contributed by atoms with E-state index >= 15 is 0 Å². The molecule has 0 rings (SSSR count). The van der Waals surface area contributed by atoms with Crippen LogP contribution in [0.2, 0.25) is 0 Å². The summed E-state index contributed by atoms with van der Waals surface area (Å²) in [5, 5.41) is 8.37. The molecular weight excluding hydrogens is 124 g/mol. The zero-order chi connectivity index (χ0) is 8.04. The maximum absolute atomic E-state index is 8.37. The Morgan fingerprint density at radius 3 is 2.20 bits per heavy atom. The first-order valence-corrected chi connectivity index (χ1v) is 3.51. The molecule has 0 radical (unpaired) electrons. The van der Waals surface area contributed by atoms with E-state index in [-0.39, 0.29) is 12.0 Å². The molecule has 0 saturated heterocycles. The number of aliphatic hydroxyl groups is 1. The lowest BCUT2D eigenvalue weighted by atomic mass is 9.96. The molecule has 0 spiro atoms. The molecule has 0 amide bonds. The highest BCUT2D eigenvalue weighted by Crippen LogP contribution is 2.13. The number of allylic oxidation sites excluding steroid dienone is 3. The fourth-order valence-electron chi connectivity index (χ4n) is 0.484. The number of hydrogen-bond donors (Lipinski definition) is 1. The first-order valence-electron chi connectivity index (χ1n) is 3.51. The van der Waals surface area contributed by atoms with Crippen molar-refractivity contribution in [2.45, 2.75) is 20.8 Å². The molecule has 1 nitrogen and oxygen atoms in total. The number of hydrogen-bond acceptors (Lipinski definition) is 1. The van der Waals surface area contributed by atoms with Crippen molar-refractivity contribution >= 4 is 0 Å². The van der Waals surface area contributed by atoms with Gasteiger partial charge in [-0.05, 0) is 5.41 Å². The molecule has 0 aromatic carbocycles. The fraction of sp³-hybridized carbons (Fsp3) is 0.556. The van der Waals surface area contributed by atoms with Crippen molar-refractivity contribution in [2.75, 3.05) is 6.61 Å². The van der Waals surface area contributed by atoms with Crippen LogP contribution >= 0.6 is 0 Å². The van der Waals surface area contributed by atoms with Crippen LogP contribution in [0.1, 0.15) is 20.8 Å². The molecule has 0 atom stereocenters. The van der Waals surface area contributed by atoms with Crippen LogP contribution < -0.4 is 0 Å².